The van der Waals surface area contributed by atoms with Gasteiger partial charge in [-0.2, -0.15) is 5.10 Å². The molecule has 1 aromatic heterocycles. The number of benzene rings is 1. The van der Waals surface area contributed by atoms with Gasteiger partial charge < -0.3 is 15.2 Å². The first-order chi connectivity index (χ1) is 11.5. The molecular formula is C17H22N4O3. The summed E-state index contributed by atoms with van der Waals surface area (Å²) in [5.41, 5.74) is -0.255. The molecule has 1 aliphatic rings. The Labute approximate surface area is 140 Å². The summed E-state index contributed by atoms with van der Waals surface area (Å²) in [5.74, 6) is 0.620. The lowest BCUT2D eigenvalue weighted by molar-refractivity contribution is -0.117. The van der Waals surface area contributed by atoms with Gasteiger partial charge in [-0.1, -0.05) is 18.2 Å². The predicted molar refractivity (Wildman–Crippen MR) is 89.8 cm³/mol. The summed E-state index contributed by atoms with van der Waals surface area (Å²) in [5, 5.41) is 17.4. The van der Waals surface area contributed by atoms with Crippen LogP contribution in [0.1, 0.15) is 6.42 Å². The average Bonchev–Trinajstić information content (AvgIpc) is 3.13. The van der Waals surface area contributed by atoms with Crippen molar-refractivity contribution in [2.24, 2.45) is 7.05 Å². The van der Waals surface area contributed by atoms with E-state index in [1.54, 1.807) is 24.1 Å². The van der Waals surface area contributed by atoms with Crippen LogP contribution in [-0.4, -0.2) is 57.5 Å². The Bertz CT molecular complexity index is 688. The van der Waals surface area contributed by atoms with E-state index in [1.165, 1.54) is 0 Å². The average molecular weight is 330 g/mol. The van der Waals surface area contributed by atoms with Gasteiger partial charge in [0.15, 0.2) is 0 Å². The van der Waals surface area contributed by atoms with Crippen molar-refractivity contribution in [1.29, 1.82) is 0 Å². The molecule has 0 unspecified atom stereocenters. The van der Waals surface area contributed by atoms with Gasteiger partial charge in [0.2, 0.25) is 5.91 Å². The van der Waals surface area contributed by atoms with Crippen molar-refractivity contribution in [1.82, 2.24) is 14.7 Å². The fraction of sp³-hybridized carbons (Fsp3) is 0.412. The maximum Gasteiger partial charge on any atom is 0.238 e. The Hall–Kier alpha value is -2.38. The van der Waals surface area contributed by atoms with Crippen molar-refractivity contribution in [3.8, 4) is 5.75 Å². The standard InChI is InChI=1S/C17H22N4O3/c1-20-10-14(9-18-20)19-16(22)11-21-8-7-17(23,12-21)13-24-15-5-3-2-4-6-15/h2-6,9-10,23H,7-8,11-13H2,1H3,(H,19,22)/t17-/m0/s1. The molecule has 2 N–H and O–H groups in total. The first-order valence-electron chi connectivity index (χ1n) is 7.94. The number of nitrogens with zero attached hydrogens (tertiary/aromatic N) is 3. The molecule has 2 aromatic rings. The molecule has 1 amide bonds. The molecular weight excluding hydrogens is 308 g/mol. The van der Waals surface area contributed by atoms with Crippen LogP contribution < -0.4 is 10.1 Å². The Balaban J connectivity index is 1.46. The number of nitrogens with one attached hydrogen (secondary N) is 1. The smallest absolute Gasteiger partial charge is 0.238 e. The number of aryl methyl sites for hydroxylation is 1. The van der Waals surface area contributed by atoms with E-state index in [9.17, 15) is 9.90 Å². The Kier molecular flexibility index (Phi) is 4.82. The number of carbonyl (C=O) groups is 1. The molecule has 1 atom stereocenters. The lowest BCUT2D eigenvalue weighted by atomic mass is 10.1. The van der Waals surface area contributed by atoms with Gasteiger partial charge in [-0.15, -0.1) is 0 Å². The van der Waals surface area contributed by atoms with Crippen LogP contribution in [0.15, 0.2) is 42.7 Å². The molecule has 1 aromatic carbocycles. The molecule has 0 bridgehead atoms. The number of aliphatic hydroxyl groups is 1. The van der Waals surface area contributed by atoms with Crippen LogP contribution in [0.5, 0.6) is 5.75 Å². The van der Waals surface area contributed by atoms with Crippen molar-refractivity contribution < 1.29 is 14.6 Å². The molecule has 0 radical (unpaired) electrons. The molecule has 0 aliphatic carbocycles. The summed E-state index contributed by atoms with van der Waals surface area (Å²) in [6.07, 6.45) is 3.93. The molecule has 128 valence electrons. The highest BCUT2D eigenvalue weighted by Gasteiger charge is 2.37. The maximum atomic E-state index is 12.1. The number of amides is 1. The van der Waals surface area contributed by atoms with Gasteiger partial charge in [-0.3, -0.25) is 14.4 Å². The van der Waals surface area contributed by atoms with Crippen molar-refractivity contribution in [3.63, 3.8) is 0 Å². The lowest BCUT2D eigenvalue weighted by Gasteiger charge is -2.23. The topological polar surface area (TPSA) is 79.6 Å². The number of likely N-dealkylation sites (tertiary alicyclic amines) is 1. The van der Waals surface area contributed by atoms with E-state index in [2.05, 4.69) is 10.4 Å². The van der Waals surface area contributed by atoms with Crippen molar-refractivity contribution >= 4 is 11.6 Å². The number of β-amino-alcohol motifs (C(OH)–C–C–N with tert-alkyl or cyclic N) is 1. The van der Waals surface area contributed by atoms with Gasteiger partial charge in [0, 0.05) is 26.3 Å². The predicted octanol–water partition coefficient (Wildman–Crippen LogP) is 0.874. The largest absolute Gasteiger partial charge is 0.491 e. The van der Waals surface area contributed by atoms with Crippen LogP contribution in [0.3, 0.4) is 0 Å². The first-order valence-corrected chi connectivity index (χ1v) is 7.94. The van der Waals surface area contributed by atoms with Crippen LogP contribution in [0, 0.1) is 0 Å². The maximum absolute atomic E-state index is 12.1. The molecule has 7 nitrogen and oxygen atoms in total. The van der Waals surface area contributed by atoms with E-state index in [0.717, 1.165) is 5.75 Å². The molecule has 1 aliphatic heterocycles. The summed E-state index contributed by atoms with van der Waals surface area (Å²) in [6.45, 7) is 1.54. The minimum Gasteiger partial charge on any atom is -0.491 e. The fourth-order valence-corrected chi connectivity index (χ4v) is 2.82. The van der Waals surface area contributed by atoms with Gasteiger partial charge in [0.05, 0.1) is 18.4 Å². The normalized spacial score (nSPS) is 20.9. The van der Waals surface area contributed by atoms with Crippen molar-refractivity contribution in [3.05, 3.63) is 42.7 Å². The third-order valence-corrected chi connectivity index (χ3v) is 4.02. The minimum absolute atomic E-state index is 0.115. The molecule has 3 rings (SSSR count). The quantitative estimate of drug-likeness (QED) is 0.822. The summed E-state index contributed by atoms with van der Waals surface area (Å²) in [6, 6.07) is 9.42. The molecule has 1 fully saturated rings. The van der Waals surface area contributed by atoms with E-state index < -0.39 is 5.60 Å². The minimum atomic E-state index is -0.926. The van der Waals surface area contributed by atoms with E-state index in [-0.39, 0.29) is 19.1 Å². The third-order valence-electron chi connectivity index (χ3n) is 4.02. The van der Waals surface area contributed by atoms with Crippen LogP contribution in [-0.2, 0) is 11.8 Å². The summed E-state index contributed by atoms with van der Waals surface area (Å²) in [7, 11) is 1.79. The second-order valence-corrected chi connectivity index (χ2v) is 6.24. The van der Waals surface area contributed by atoms with Gasteiger partial charge in [0.25, 0.3) is 0 Å². The van der Waals surface area contributed by atoms with Crippen molar-refractivity contribution in [2.45, 2.75) is 12.0 Å². The zero-order valence-corrected chi connectivity index (χ0v) is 13.7. The number of para-hydroxylation sites is 1. The second-order valence-electron chi connectivity index (χ2n) is 6.24. The highest BCUT2D eigenvalue weighted by molar-refractivity contribution is 5.92. The summed E-state index contributed by atoms with van der Waals surface area (Å²) in [4.78, 5) is 14.0. The summed E-state index contributed by atoms with van der Waals surface area (Å²) < 4.78 is 7.29. The zero-order chi connectivity index (χ0) is 17.0. The zero-order valence-electron chi connectivity index (χ0n) is 13.7. The van der Waals surface area contributed by atoms with E-state index in [4.69, 9.17) is 4.74 Å². The summed E-state index contributed by atoms with van der Waals surface area (Å²) >= 11 is 0. The van der Waals surface area contributed by atoms with E-state index >= 15 is 0 Å². The number of carbonyl (C=O) groups excluding carboxylic acids is 1. The van der Waals surface area contributed by atoms with Crippen LogP contribution in [0.2, 0.25) is 0 Å². The highest BCUT2D eigenvalue weighted by atomic mass is 16.5. The molecule has 1 saturated heterocycles. The number of hydrogen-bond donors (Lipinski definition) is 2. The number of hydrogen-bond acceptors (Lipinski definition) is 5. The first kappa shape index (κ1) is 16.5. The Morgan fingerprint density at radius 1 is 1.42 bits per heavy atom. The number of anilines is 1. The third kappa shape index (κ3) is 4.33. The Morgan fingerprint density at radius 2 is 2.21 bits per heavy atom. The van der Waals surface area contributed by atoms with Crippen LogP contribution >= 0.6 is 0 Å². The van der Waals surface area contributed by atoms with Crippen molar-refractivity contribution in [2.75, 3.05) is 31.6 Å². The molecule has 0 saturated carbocycles. The Morgan fingerprint density at radius 3 is 2.92 bits per heavy atom. The van der Waals surface area contributed by atoms with Crippen LogP contribution in [0.25, 0.3) is 0 Å². The lowest BCUT2D eigenvalue weighted by Crippen LogP contribution is -2.40. The second kappa shape index (κ2) is 7.02. The molecule has 0 spiro atoms. The number of aromatic nitrogens is 2. The van der Waals surface area contributed by atoms with Gasteiger partial charge >= 0.3 is 0 Å². The van der Waals surface area contributed by atoms with Gasteiger partial charge in [-0.25, -0.2) is 0 Å². The van der Waals surface area contributed by atoms with Gasteiger partial charge in [0.1, 0.15) is 18.0 Å². The fourth-order valence-electron chi connectivity index (χ4n) is 2.82. The number of ether oxygens (including phenoxy) is 1. The van der Waals surface area contributed by atoms with Crippen LogP contribution in [0.4, 0.5) is 5.69 Å². The highest BCUT2D eigenvalue weighted by Crippen LogP contribution is 2.22. The molecule has 7 heteroatoms. The molecule has 2 heterocycles. The van der Waals surface area contributed by atoms with E-state index in [1.807, 2.05) is 35.2 Å². The molecule has 24 heavy (non-hydrogen) atoms. The monoisotopic (exact) mass is 330 g/mol. The number of rotatable bonds is 6. The van der Waals surface area contributed by atoms with Gasteiger partial charge in [-0.05, 0) is 18.6 Å². The van der Waals surface area contributed by atoms with E-state index in [0.29, 0.717) is 25.2 Å². The SMILES string of the molecule is Cn1cc(NC(=O)CN2CC[C@@](O)(COc3ccccc3)C2)cn1.